The highest BCUT2D eigenvalue weighted by atomic mass is 33.1. The van der Waals surface area contributed by atoms with Crippen LogP contribution in [0, 0.1) is 5.41 Å². The predicted molar refractivity (Wildman–Crippen MR) is 95.1 cm³/mol. The van der Waals surface area contributed by atoms with Crippen LogP contribution in [0.3, 0.4) is 0 Å². The van der Waals surface area contributed by atoms with Gasteiger partial charge in [0.1, 0.15) is 0 Å². The molecular weight excluding hydrogens is 395 g/mol. The minimum atomic E-state index is -5.08. The number of rotatable bonds is 10. The van der Waals surface area contributed by atoms with E-state index in [1.807, 2.05) is 0 Å². The molecular formula is C15H24F3NO5S2. The number of carbonyl (C=O) groups is 3. The fourth-order valence-corrected chi connectivity index (χ4v) is 4.20. The Morgan fingerprint density at radius 2 is 1.65 bits per heavy atom. The van der Waals surface area contributed by atoms with E-state index in [1.165, 1.54) is 6.42 Å². The fourth-order valence-electron chi connectivity index (χ4n) is 2.31. The highest BCUT2D eigenvalue weighted by Gasteiger charge is 2.42. The Bertz CT molecular complexity index is 471. The minimum absolute atomic E-state index is 0.0735. The second-order valence-electron chi connectivity index (χ2n) is 5.73. The molecule has 0 heterocycles. The van der Waals surface area contributed by atoms with Gasteiger partial charge in [-0.1, -0.05) is 41.4 Å². The second kappa shape index (κ2) is 12.3. The molecule has 1 amide bonds. The first kappa shape index (κ1) is 24.9. The number of amides is 1. The number of hydrogen-bond acceptors (Lipinski definition) is 5. The predicted octanol–water partition coefficient (Wildman–Crippen LogP) is 3.56. The number of hydrogen-bond donors (Lipinski definition) is 3. The number of aliphatic carboxylic acids is 2. The van der Waals surface area contributed by atoms with Crippen LogP contribution in [0.2, 0.25) is 0 Å². The van der Waals surface area contributed by atoms with Crippen molar-refractivity contribution in [2.75, 3.05) is 18.1 Å². The number of alkyl halides is 3. The average molecular weight is 419 g/mol. The van der Waals surface area contributed by atoms with Crippen molar-refractivity contribution in [1.82, 2.24) is 5.32 Å². The van der Waals surface area contributed by atoms with Crippen molar-refractivity contribution < 1.29 is 37.8 Å². The first-order valence-corrected chi connectivity index (χ1v) is 10.6. The van der Waals surface area contributed by atoms with Crippen LogP contribution < -0.4 is 5.32 Å². The molecule has 26 heavy (non-hydrogen) atoms. The Morgan fingerprint density at radius 3 is 2.04 bits per heavy atom. The van der Waals surface area contributed by atoms with Gasteiger partial charge in [0.15, 0.2) is 0 Å². The highest BCUT2D eigenvalue weighted by Crippen LogP contribution is 2.44. The van der Waals surface area contributed by atoms with Gasteiger partial charge >= 0.3 is 18.1 Å². The molecule has 1 fully saturated rings. The van der Waals surface area contributed by atoms with Gasteiger partial charge in [0.2, 0.25) is 5.91 Å². The molecule has 0 unspecified atom stereocenters. The Labute approximate surface area is 158 Å². The first-order valence-electron chi connectivity index (χ1n) is 8.10. The maximum absolute atomic E-state index is 12.1. The van der Waals surface area contributed by atoms with Crippen LogP contribution in [0.1, 0.15) is 45.4 Å². The Hall–Kier alpha value is -1.10. The monoisotopic (exact) mass is 419 g/mol. The maximum atomic E-state index is 12.1. The van der Waals surface area contributed by atoms with Crippen molar-refractivity contribution in [1.29, 1.82) is 0 Å². The van der Waals surface area contributed by atoms with Gasteiger partial charge in [0.25, 0.3) is 0 Å². The van der Waals surface area contributed by atoms with Crippen molar-refractivity contribution >= 4 is 39.4 Å². The van der Waals surface area contributed by atoms with Gasteiger partial charge < -0.3 is 15.5 Å². The van der Waals surface area contributed by atoms with Crippen molar-refractivity contribution in [2.24, 2.45) is 5.41 Å². The van der Waals surface area contributed by atoms with Gasteiger partial charge in [-0.25, -0.2) is 4.79 Å². The number of halogens is 3. The SMILES string of the molecule is CCCC1(C(=O)NCCSSCCC(=O)O)CCC1.O=C(O)C(F)(F)F. The van der Waals surface area contributed by atoms with Gasteiger partial charge in [-0.15, -0.1) is 0 Å². The molecule has 0 aromatic heterocycles. The molecule has 0 spiro atoms. The van der Waals surface area contributed by atoms with Crippen LogP contribution in [0.25, 0.3) is 0 Å². The van der Waals surface area contributed by atoms with Gasteiger partial charge in [-0.2, -0.15) is 13.2 Å². The van der Waals surface area contributed by atoms with Crippen LogP contribution in [0.4, 0.5) is 13.2 Å². The first-order chi connectivity index (χ1) is 12.0. The zero-order chi connectivity index (χ0) is 20.2. The summed E-state index contributed by atoms with van der Waals surface area (Å²) in [7, 11) is 3.18. The van der Waals surface area contributed by atoms with E-state index in [0.29, 0.717) is 12.3 Å². The summed E-state index contributed by atoms with van der Waals surface area (Å²) in [6.45, 7) is 2.80. The fraction of sp³-hybridized carbons (Fsp3) is 0.800. The van der Waals surface area contributed by atoms with E-state index in [1.54, 1.807) is 21.6 Å². The third-order valence-corrected chi connectivity index (χ3v) is 6.13. The van der Waals surface area contributed by atoms with Gasteiger partial charge in [0, 0.05) is 23.5 Å². The lowest BCUT2D eigenvalue weighted by molar-refractivity contribution is -0.192. The molecule has 1 rings (SSSR count). The van der Waals surface area contributed by atoms with Gasteiger partial charge in [-0.3, -0.25) is 9.59 Å². The lowest BCUT2D eigenvalue weighted by atomic mass is 9.65. The molecule has 1 aliphatic carbocycles. The summed E-state index contributed by atoms with van der Waals surface area (Å²) in [5.41, 5.74) is -0.0735. The quantitative estimate of drug-likeness (QED) is 0.367. The molecule has 0 aromatic carbocycles. The summed E-state index contributed by atoms with van der Waals surface area (Å²) < 4.78 is 31.7. The van der Waals surface area contributed by atoms with E-state index in [9.17, 15) is 22.8 Å². The lowest BCUT2D eigenvalue weighted by Crippen LogP contribution is -2.46. The number of carbonyl (C=O) groups excluding carboxylic acids is 1. The normalized spacial score (nSPS) is 15.2. The Morgan fingerprint density at radius 1 is 1.12 bits per heavy atom. The Balaban J connectivity index is 0.000000758. The molecule has 3 N–H and O–H groups in total. The second-order valence-corrected chi connectivity index (χ2v) is 8.43. The third-order valence-electron chi connectivity index (χ3n) is 3.72. The summed E-state index contributed by atoms with van der Waals surface area (Å²) in [4.78, 5) is 31.3. The molecule has 0 saturated heterocycles. The average Bonchev–Trinajstić information content (AvgIpc) is 2.49. The molecule has 0 aromatic rings. The van der Waals surface area contributed by atoms with Crippen molar-refractivity contribution in [3.8, 4) is 0 Å². The summed E-state index contributed by atoms with van der Waals surface area (Å²) in [5.74, 6) is -1.84. The van der Waals surface area contributed by atoms with Crippen LogP contribution in [0.15, 0.2) is 0 Å². The van der Waals surface area contributed by atoms with Crippen molar-refractivity contribution in [3.63, 3.8) is 0 Å². The smallest absolute Gasteiger partial charge is 0.481 e. The number of carboxylic acids is 2. The molecule has 0 atom stereocenters. The van der Waals surface area contributed by atoms with E-state index >= 15 is 0 Å². The highest BCUT2D eigenvalue weighted by molar-refractivity contribution is 8.76. The summed E-state index contributed by atoms with van der Waals surface area (Å²) in [6.07, 6.45) is 0.420. The summed E-state index contributed by atoms with van der Waals surface area (Å²) in [6, 6.07) is 0. The van der Waals surface area contributed by atoms with Gasteiger partial charge in [0.05, 0.1) is 6.42 Å². The van der Waals surface area contributed by atoms with E-state index in [4.69, 9.17) is 15.0 Å². The summed E-state index contributed by atoms with van der Waals surface area (Å²) >= 11 is 0. The molecule has 0 radical (unpaired) electrons. The molecule has 0 aliphatic heterocycles. The summed E-state index contributed by atoms with van der Waals surface area (Å²) in [5, 5.41) is 18.6. The molecule has 1 aliphatic rings. The number of carboxylic acid groups (broad SMARTS) is 2. The maximum Gasteiger partial charge on any atom is 0.490 e. The molecule has 11 heteroatoms. The largest absolute Gasteiger partial charge is 0.490 e. The van der Waals surface area contributed by atoms with Crippen molar-refractivity contribution in [2.45, 2.75) is 51.6 Å². The van der Waals surface area contributed by atoms with E-state index < -0.39 is 18.1 Å². The molecule has 152 valence electrons. The Kier molecular flexibility index (Phi) is 11.8. The zero-order valence-corrected chi connectivity index (χ0v) is 16.1. The van der Waals surface area contributed by atoms with Crippen LogP contribution >= 0.6 is 21.6 Å². The van der Waals surface area contributed by atoms with E-state index in [2.05, 4.69) is 12.2 Å². The number of nitrogens with one attached hydrogen (secondary N) is 1. The minimum Gasteiger partial charge on any atom is -0.481 e. The van der Waals surface area contributed by atoms with E-state index in [0.717, 1.165) is 31.4 Å². The molecule has 6 nitrogen and oxygen atoms in total. The molecule has 1 saturated carbocycles. The van der Waals surface area contributed by atoms with Crippen molar-refractivity contribution in [3.05, 3.63) is 0 Å². The zero-order valence-electron chi connectivity index (χ0n) is 14.4. The van der Waals surface area contributed by atoms with Crippen LogP contribution in [0.5, 0.6) is 0 Å². The third kappa shape index (κ3) is 10.1. The van der Waals surface area contributed by atoms with Crippen LogP contribution in [-0.4, -0.2) is 52.3 Å². The molecule has 0 bridgehead atoms. The standard InChI is InChI=1S/C13H23NO3S2.C2HF3O2/c1-2-5-13(6-3-7-13)12(17)14-8-10-19-18-9-4-11(15)16;3-2(4,5)1(6)7/h2-10H2,1H3,(H,14,17)(H,15,16);(H,6,7). The lowest BCUT2D eigenvalue weighted by Gasteiger charge is -2.40. The van der Waals surface area contributed by atoms with Crippen LogP contribution in [-0.2, 0) is 14.4 Å². The van der Waals surface area contributed by atoms with E-state index in [-0.39, 0.29) is 17.7 Å². The topological polar surface area (TPSA) is 104 Å². The van der Waals surface area contributed by atoms with Gasteiger partial charge in [-0.05, 0) is 19.3 Å².